The fourth-order valence-corrected chi connectivity index (χ4v) is 3.18. The zero-order valence-corrected chi connectivity index (χ0v) is 14.8. The van der Waals surface area contributed by atoms with E-state index in [9.17, 15) is 0 Å². The number of imidazole rings is 1. The average molecular weight is 314 g/mol. The molecule has 0 aliphatic carbocycles. The molecule has 2 aromatic rings. The van der Waals surface area contributed by atoms with E-state index in [-0.39, 0.29) is 0 Å². The van der Waals surface area contributed by atoms with Crippen LogP contribution in [-0.4, -0.2) is 21.6 Å². The molecule has 0 amide bonds. The van der Waals surface area contributed by atoms with Gasteiger partial charge in [0.05, 0.1) is 6.33 Å². The van der Waals surface area contributed by atoms with Gasteiger partial charge in [-0.05, 0) is 43.9 Å². The number of nitrogen functional groups attached to an aromatic ring is 1. The first-order valence-corrected chi connectivity index (χ1v) is 8.53. The van der Waals surface area contributed by atoms with Crippen LogP contribution in [0.2, 0.25) is 0 Å². The summed E-state index contributed by atoms with van der Waals surface area (Å²) in [5.41, 5.74) is 9.13. The number of hydrogen-bond acceptors (Lipinski definition) is 3. The minimum absolute atomic E-state index is 0.431. The molecule has 1 unspecified atom stereocenters. The van der Waals surface area contributed by atoms with Crippen molar-refractivity contribution in [1.29, 1.82) is 0 Å². The van der Waals surface area contributed by atoms with Gasteiger partial charge >= 0.3 is 0 Å². The van der Waals surface area contributed by atoms with Crippen molar-refractivity contribution in [1.82, 2.24) is 14.9 Å². The third-order valence-corrected chi connectivity index (χ3v) is 4.01. The predicted octanol–water partition coefficient (Wildman–Crippen LogP) is 3.47. The Balaban J connectivity index is 1.95. The molecule has 0 fully saturated rings. The van der Waals surface area contributed by atoms with Gasteiger partial charge in [0.2, 0.25) is 0 Å². The summed E-state index contributed by atoms with van der Waals surface area (Å²) in [7, 11) is 0. The lowest BCUT2D eigenvalue weighted by molar-refractivity contribution is 0.397. The minimum atomic E-state index is 0.431. The molecule has 1 heterocycles. The summed E-state index contributed by atoms with van der Waals surface area (Å²) in [5.74, 6) is 0.721. The molecule has 0 saturated carbocycles. The van der Waals surface area contributed by atoms with E-state index >= 15 is 0 Å². The smallest absolute Gasteiger partial charge is 0.0951 e. The van der Waals surface area contributed by atoms with Crippen molar-refractivity contribution in [3.8, 4) is 0 Å². The van der Waals surface area contributed by atoms with E-state index in [1.54, 1.807) is 0 Å². The van der Waals surface area contributed by atoms with Gasteiger partial charge in [0, 0.05) is 42.6 Å². The molecule has 2 rings (SSSR count). The fourth-order valence-electron chi connectivity index (χ4n) is 3.18. The lowest BCUT2D eigenvalue weighted by Gasteiger charge is -2.22. The average Bonchev–Trinajstić information content (AvgIpc) is 2.84. The van der Waals surface area contributed by atoms with E-state index in [1.165, 1.54) is 17.7 Å². The summed E-state index contributed by atoms with van der Waals surface area (Å²) < 4.78 is 2.21. The third-order valence-electron chi connectivity index (χ3n) is 4.01. The largest absolute Gasteiger partial charge is 0.399 e. The highest BCUT2D eigenvalue weighted by molar-refractivity contribution is 5.40. The monoisotopic (exact) mass is 314 g/mol. The third kappa shape index (κ3) is 5.71. The van der Waals surface area contributed by atoms with Crippen LogP contribution < -0.4 is 11.1 Å². The molecule has 3 N–H and O–H groups in total. The normalized spacial score (nSPS) is 14.1. The van der Waals surface area contributed by atoms with Gasteiger partial charge in [0.25, 0.3) is 0 Å². The summed E-state index contributed by atoms with van der Waals surface area (Å²) in [6.45, 7) is 9.86. The second-order valence-electron chi connectivity index (χ2n) is 7.06. The second kappa shape index (κ2) is 8.16. The maximum Gasteiger partial charge on any atom is 0.0951 e. The van der Waals surface area contributed by atoms with Crippen LogP contribution in [0.5, 0.6) is 0 Å². The lowest BCUT2D eigenvalue weighted by atomic mass is 10.0. The molecule has 126 valence electrons. The topological polar surface area (TPSA) is 55.9 Å². The van der Waals surface area contributed by atoms with E-state index in [0.29, 0.717) is 12.1 Å². The Hall–Kier alpha value is -1.81. The summed E-state index contributed by atoms with van der Waals surface area (Å²) in [6.07, 6.45) is 6.05. The first-order valence-electron chi connectivity index (χ1n) is 8.53. The number of nitrogens with zero attached hydrogens (tertiary/aromatic N) is 2. The first-order chi connectivity index (χ1) is 10.9. The molecule has 23 heavy (non-hydrogen) atoms. The van der Waals surface area contributed by atoms with Gasteiger partial charge in [-0.25, -0.2) is 4.98 Å². The molecule has 0 spiro atoms. The number of aromatic nitrogens is 2. The number of hydrogen-bond donors (Lipinski definition) is 2. The Labute approximate surface area is 140 Å². The Kier molecular flexibility index (Phi) is 6.22. The maximum atomic E-state index is 5.87. The molecular formula is C19H30N4. The fraction of sp³-hybridized carbons (Fsp3) is 0.526. The zero-order chi connectivity index (χ0) is 16.8. The highest BCUT2D eigenvalue weighted by Crippen LogP contribution is 2.12. The highest BCUT2D eigenvalue weighted by Gasteiger charge is 2.12. The van der Waals surface area contributed by atoms with Gasteiger partial charge in [0.15, 0.2) is 0 Å². The van der Waals surface area contributed by atoms with E-state index in [1.807, 2.05) is 30.7 Å². The van der Waals surface area contributed by atoms with Crippen molar-refractivity contribution in [2.45, 2.75) is 59.2 Å². The molecule has 4 heteroatoms. The molecule has 0 aliphatic heterocycles. The predicted molar refractivity (Wildman–Crippen MR) is 97.4 cm³/mol. The molecule has 2 atom stereocenters. The van der Waals surface area contributed by atoms with Crippen molar-refractivity contribution in [2.75, 3.05) is 5.73 Å². The van der Waals surface area contributed by atoms with Crippen molar-refractivity contribution in [2.24, 2.45) is 5.92 Å². The number of benzene rings is 1. The van der Waals surface area contributed by atoms with Gasteiger partial charge in [0.1, 0.15) is 0 Å². The van der Waals surface area contributed by atoms with E-state index in [0.717, 1.165) is 24.6 Å². The minimum Gasteiger partial charge on any atom is -0.399 e. The van der Waals surface area contributed by atoms with Crippen molar-refractivity contribution >= 4 is 5.69 Å². The van der Waals surface area contributed by atoms with E-state index in [2.05, 4.69) is 48.6 Å². The van der Waals surface area contributed by atoms with Crippen LogP contribution in [0.1, 0.15) is 45.4 Å². The standard InChI is InChI=1S/C19H30N4/c1-14(2)8-15(3)22-16(4)9-19-11-21-13-23(19)12-17-6-5-7-18(20)10-17/h5-7,10-11,13-16,22H,8-9,12,20H2,1-4H3/t15?,16-/m1/s1. The van der Waals surface area contributed by atoms with Gasteiger partial charge in [-0.2, -0.15) is 0 Å². The van der Waals surface area contributed by atoms with Crippen LogP contribution in [0.15, 0.2) is 36.8 Å². The van der Waals surface area contributed by atoms with Crippen molar-refractivity contribution in [3.63, 3.8) is 0 Å². The molecule has 0 bridgehead atoms. The maximum absolute atomic E-state index is 5.87. The van der Waals surface area contributed by atoms with Crippen LogP contribution in [0.4, 0.5) is 5.69 Å². The molecule has 0 radical (unpaired) electrons. The molecular weight excluding hydrogens is 284 g/mol. The first kappa shape index (κ1) is 17.5. The van der Waals surface area contributed by atoms with Crippen LogP contribution >= 0.6 is 0 Å². The van der Waals surface area contributed by atoms with Gasteiger partial charge in [-0.15, -0.1) is 0 Å². The Morgan fingerprint density at radius 1 is 1.17 bits per heavy atom. The summed E-state index contributed by atoms with van der Waals surface area (Å²) in [5, 5.41) is 3.69. The van der Waals surface area contributed by atoms with Crippen LogP contribution in [0.25, 0.3) is 0 Å². The summed E-state index contributed by atoms with van der Waals surface area (Å²) in [6, 6.07) is 9.01. The van der Waals surface area contributed by atoms with Gasteiger partial charge in [-0.3, -0.25) is 0 Å². The summed E-state index contributed by atoms with van der Waals surface area (Å²) in [4.78, 5) is 4.33. The van der Waals surface area contributed by atoms with Crippen molar-refractivity contribution < 1.29 is 0 Å². The Morgan fingerprint density at radius 3 is 2.65 bits per heavy atom. The zero-order valence-electron chi connectivity index (χ0n) is 14.8. The molecule has 1 aromatic heterocycles. The van der Waals surface area contributed by atoms with E-state index in [4.69, 9.17) is 5.73 Å². The second-order valence-corrected chi connectivity index (χ2v) is 7.06. The van der Waals surface area contributed by atoms with Gasteiger partial charge in [-0.1, -0.05) is 26.0 Å². The van der Waals surface area contributed by atoms with Crippen LogP contribution in [0.3, 0.4) is 0 Å². The summed E-state index contributed by atoms with van der Waals surface area (Å²) >= 11 is 0. The van der Waals surface area contributed by atoms with Crippen LogP contribution in [0, 0.1) is 5.92 Å². The molecule has 4 nitrogen and oxygen atoms in total. The van der Waals surface area contributed by atoms with Gasteiger partial charge < -0.3 is 15.6 Å². The number of rotatable bonds is 8. The molecule has 0 aliphatic rings. The number of nitrogens with two attached hydrogens (primary N) is 1. The lowest BCUT2D eigenvalue weighted by Crippen LogP contribution is -2.37. The quantitative estimate of drug-likeness (QED) is 0.734. The SMILES string of the molecule is CC(C)CC(C)N[C@H](C)Cc1cncn1Cc1cccc(N)c1. The Morgan fingerprint density at radius 2 is 1.96 bits per heavy atom. The van der Waals surface area contributed by atoms with E-state index < -0.39 is 0 Å². The Bertz CT molecular complexity index is 603. The molecule has 1 aromatic carbocycles. The molecule has 0 saturated heterocycles. The highest BCUT2D eigenvalue weighted by atomic mass is 15.1. The van der Waals surface area contributed by atoms with Crippen LogP contribution in [-0.2, 0) is 13.0 Å². The number of anilines is 1. The van der Waals surface area contributed by atoms with Crippen molar-refractivity contribution in [3.05, 3.63) is 48.0 Å². The number of nitrogens with one attached hydrogen (secondary N) is 1.